The fourth-order valence-corrected chi connectivity index (χ4v) is 2.07. The Kier molecular flexibility index (Phi) is 5.75. The smallest absolute Gasteiger partial charge is 0.415 e. The molecule has 1 heterocycles. The van der Waals surface area contributed by atoms with Gasteiger partial charge in [0, 0.05) is 6.54 Å². The first kappa shape index (κ1) is 17.7. The quantitative estimate of drug-likeness (QED) is 0.747. The molecule has 1 unspecified atom stereocenters. The summed E-state index contributed by atoms with van der Waals surface area (Å²) in [6, 6.07) is 6.26. The minimum Gasteiger partial charge on any atom is -0.465 e. The van der Waals surface area contributed by atoms with Crippen LogP contribution in [0.2, 0.25) is 0 Å². The molecule has 2 rings (SSSR count). The number of hydrogen-bond acceptors (Lipinski definition) is 5. The van der Waals surface area contributed by atoms with E-state index in [1.807, 2.05) is 13.8 Å². The monoisotopic (exact) mass is 335 g/mol. The lowest BCUT2D eigenvalue weighted by atomic mass is 10.1. The molecule has 0 radical (unpaired) electrons. The van der Waals surface area contributed by atoms with Crippen molar-refractivity contribution < 1.29 is 24.2 Å². The molecule has 2 aromatic rings. The van der Waals surface area contributed by atoms with E-state index in [0.717, 1.165) is 0 Å². The summed E-state index contributed by atoms with van der Waals surface area (Å²) < 4.78 is 5.41. The van der Waals surface area contributed by atoms with Gasteiger partial charge in [-0.05, 0) is 24.5 Å². The van der Waals surface area contributed by atoms with Crippen LogP contribution in [0.15, 0.2) is 28.7 Å². The zero-order chi connectivity index (χ0) is 17.7. The van der Waals surface area contributed by atoms with Crippen LogP contribution in [0.4, 0.5) is 9.59 Å². The molecular formula is C16H21N3O5. The van der Waals surface area contributed by atoms with E-state index >= 15 is 0 Å². The Hall–Kier alpha value is -2.61. The molecule has 130 valence electrons. The van der Waals surface area contributed by atoms with Crippen molar-refractivity contribution in [1.82, 2.24) is 15.2 Å². The number of oxazole rings is 1. The van der Waals surface area contributed by atoms with Gasteiger partial charge in [0.15, 0.2) is 5.58 Å². The van der Waals surface area contributed by atoms with Gasteiger partial charge in [-0.1, -0.05) is 26.0 Å². The fraction of sp³-hybridized carbons (Fsp3) is 0.438. The first-order chi connectivity index (χ1) is 11.4. The molecule has 0 aliphatic carbocycles. The zero-order valence-corrected chi connectivity index (χ0v) is 13.6. The van der Waals surface area contributed by atoms with E-state index in [1.54, 1.807) is 24.3 Å². The summed E-state index contributed by atoms with van der Waals surface area (Å²) in [5, 5.41) is 21.6. The second-order valence-electron chi connectivity index (χ2n) is 5.84. The standard InChI is InChI=1S/C16H21N3O5/c1-10(2)7-8-19(16(22)23)15(21)17-9-12(20)14-18-11-5-3-4-6-13(11)24-14/h3-6,10,12,20H,7-9H2,1-2H3,(H,17,21)(H,22,23). The minimum absolute atomic E-state index is 0.0700. The van der Waals surface area contributed by atoms with Crippen molar-refractivity contribution in [2.75, 3.05) is 13.1 Å². The number of aliphatic hydroxyl groups excluding tert-OH is 1. The summed E-state index contributed by atoms with van der Waals surface area (Å²) in [6.45, 7) is 3.78. The Balaban J connectivity index is 1.94. The number of imide groups is 1. The number of carbonyl (C=O) groups is 2. The molecule has 0 fully saturated rings. The van der Waals surface area contributed by atoms with E-state index in [2.05, 4.69) is 10.3 Å². The number of carboxylic acid groups (broad SMARTS) is 1. The summed E-state index contributed by atoms with van der Waals surface area (Å²) >= 11 is 0. The van der Waals surface area contributed by atoms with Gasteiger partial charge in [-0.25, -0.2) is 19.5 Å². The molecule has 0 saturated carbocycles. The molecule has 3 amide bonds. The summed E-state index contributed by atoms with van der Waals surface area (Å²) in [4.78, 5) is 28.0. The van der Waals surface area contributed by atoms with Gasteiger partial charge >= 0.3 is 12.1 Å². The van der Waals surface area contributed by atoms with Crippen LogP contribution in [-0.4, -0.2) is 45.3 Å². The molecule has 0 saturated heterocycles. The first-order valence-electron chi connectivity index (χ1n) is 7.70. The molecule has 0 aliphatic heterocycles. The van der Waals surface area contributed by atoms with E-state index in [4.69, 9.17) is 9.52 Å². The molecule has 1 atom stereocenters. The Morgan fingerprint density at radius 1 is 1.33 bits per heavy atom. The average molecular weight is 335 g/mol. The number of urea groups is 1. The number of aliphatic hydroxyl groups is 1. The Morgan fingerprint density at radius 3 is 2.67 bits per heavy atom. The SMILES string of the molecule is CC(C)CCN(C(=O)O)C(=O)NCC(O)c1nc2ccccc2o1. The van der Waals surface area contributed by atoms with Crippen LogP contribution >= 0.6 is 0 Å². The van der Waals surface area contributed by atoms with Gasteiger partial charge in [0.25, 0.3) is 0 Å². The van der Waals surface area contributed by atoms with Gasteiger partial charge in [0.2, 0.25) is 5.89 Å². The number of amides is 3. The summed E-state index contributed by atoms with van der Waals surface area (Å²) in [5.74, 6) is 0.338. The Morgan fingerprint density at radius 2 is 2.04 bits per heavy atom. The number of para-hydroxylation sites is 2. The van der Waals surface area contributed by atoms with Gasteiger partial charge in [0.1, 0.15) is 11.6 Å². The highest BCUT2D eigenvalue weighted by atomic mass is 16.4. The van der Waals surface area contributed by atoms with Crippen LogP contribution in [0.5, 0.6) is 0 Å². The molecule has 0 bridgehead atoms. The number of nitrogens with one attached hydrogen (secondary N) is 1. The Bertz CT molecular complexity index is 680. The number of aromatic nitrogens is 1. The third-order valence-electron chi connectivity index (χ3n) is 3.45. The van der Waals surface area contributed by atoms with Crippen LogP contribution in [-0.2, 0) is 0 Å². The highest BCUT2D eigenvalue weighted by molar-refractivity contribution is 5.89. The number of carbonyl (C=O) groups excluding carboxylic acids is 1. The summed E-state index contributed by atoms with van der Waals surface area (Å²) in [6.07, 6.45) is -1.93. The van der Waals surface area contributed by atoms with Crippen molar-refractivity contribution in [2.24, 2.45) is 5.92 Å². The van der Waals surface area contributed by atoms with E-state index in [-0.39, 0.29) is 24.9 Å². The lowest BCUT2D eigenvalue weighted by Gasteiger charge is -2.19. The molecular weight excluding hydrogens is 314 g/mol. The Labute approximate surface area is 139 Å². The predicted molar refractivity (Wildman–Crippen MR) is 86.6 cm³/mol. The van der Waals surface area contributed by atoms with Crippen LogP contribution in [0.3, 0.4) is 0 Å². The zero-order valence-electron chi connectivity index (χ0n) is 13.6. The van der Waals surface area contributed by atoms with Crippen molar-refractivity contribution in [1.29, 1.82) is 0 Å². The van der Waals surface area contributed by atoms with Crippen molar-refractivity contribution >= 4 is 23.2 Å². The maximum atomic E-state index is 12.0. The summed E-state index contributed by atoms with van der Waals surface area (Å²) in [7, 11) is 0. The molecule has 1 aromatic carbocycles. The number of benzene rings is 1. The molecule has 8 heteroatoms. The van der Waals surface area contributed by atoms with Crippen molar-refractivity contribution in [3.05, 3.63) is 30.2 Å². The van der Waals surface area contributed by atoms with E-state index in [1.165, 1.54) is 0 Å². The van der Waals surface area contributed by atoms with E-state index in [9.17, 15) is 14.7 Å². The highest BCUT2D eigenvalue weighted by Crippen LogP contribution is 2.19. The topological polar surface area (TPSA) is 116 Å². The maximum absolute atomic E-state index is 12.0. The van der Waals surface area contributed by atoms with Crippen LogP contribution < -0.4 is 5.32 Å². The largest absolute Gasteiger partial charge is 0.465 e. The average Bonchev–Trinajstić information content (AvgIpc) is 2.96. The number of nitrogens with zero attached hydrogens (tertiary/aromatic N) is 2. The van der Waals surface area contributed by atoms with Gasteiger partial charge in [-0.15, -0.1) is 0 Å². The fourth-order valence-electron chi connectivity index (χ4n) is 2.07. The van der Waals surface area contributed by atoms with E-state index < -0.39 is 18.2 Å². The third kappa shape index (κ3) is 4.45. The molecule has 1 aromatic heterocycles. The highest BCUT2D eigenvalue weighted by Gasteiger charge is 2.22. The predicted octanol–water partition coefficient (Wildman–Crippen LogP) is 2.60. The summed E-state index contributed by atoms with van der Waals surface area (Å²) in [5.41, 5.74) is 1.13. The first-order valence-corrected chi connectivity index (χ1v) is 7.70. The third-order valence-corrected chi connectivity index (χ3v) is 3.45. The van der Waals surface area contributed by atoms with Crippen LogP contribution in [0.1, 0.15) is 32.3 Å². The van der Waals surface area contributed by atoms with Gasteiger partial charge < -0.3 is 19.9 Å². The molecule has 24 heavy (non-hydrogen) atoms. The van der Waals surface area contributed by atoms with Crippen molar-refractivity contribution in [3.8, 4) is 0 Å². The molecule has 0 spiro atoms. The van der Waals surface area contributed by atoms with Gasteiger partial charge in [-0.2, -0.15) is 0 Å². The number of hydrogen-bond donors (Lipinski definition) is 3. The minimum atomic E-state index is -1.33. The van der Waals surface area contributed by atoms with Crippen molar-refractivity contribution in [3.63, 3.8) is 0 Å². The van der Waals surface area contributed by atoms with Crippen LogP contribution in [0.25, 0.3) is 11.1 Å². The number of fused-ring (bicyclic) bond motifs is 1. The lowest BCUT2D eigenvalue weighted by molar-refractivity contribution is 0.130. The number of rotatable bonds is 6. The normalized spacial score (nSPS) is 12.3. The lowest BCUT2D eigenvalue weighted by Crippen LogP contribution is -2.45. The maximum Gasteiger partial charge on any atom is 0.415 e. The molecule has 3 N–H and O–H groups in total. The van der Waals surface area contributed by atoms with Crippen LogP contribution in [0, 0.1) is 5.92 Å². The van der Waals surface area contributed by atoms with Crippen molar-refractivity contribution in [2.45, 2.75) is 26.4 Å². The molecule has 0 aliphatic rings. The van der Waals surface area contributed by atoms with E-state index in [0.29, 0.717) is 22.4 Å². The van der Waals surface area contributed by atoms with Gasteiger partial charge in [0.05, 0.1) is 6.54 Å². The van der Waals surface area contributed by atoms with Gasteiger partial charge in [-0.3, -0.25) is 0 Å². The second-order valence-corrected chi connectivity index (χ2v) is 5.84. The second kappa shape index (κ2) is 7.78. The molecule has 8 nitrogen and oxygen atoms in total.